The minimum absolute atomic E-state index is 0.0274. The predicted molar refractivity (Wildman–Crippen MR) is 92.1 cm³/mol. The number of hydrogen-bond acceptors (Lipinski definition) is 4. The zero-order valence-corrected chi connectivity index (χ0v) is 15.3. The van der Waals surface area contributed by atoms with Crippen LogP contribution >= 0.6 is 0 Å². The Bertz CT molecular complexity index is 806. The van der Waals surface area contributed by atoms with E-state index in [2.05, 4.69) is 5.32 Å². The lowest BCUT2D eigenvalue weighted by molar-refractivity contribution is -0.122. The van der Waals surface area contributed by atoms with E-state index >= 15 is 0 Å². The standard InChI is InChI=1S/C18H22FNO4S/c1-18(2,3)11-17(21)20-12-16(15-5-4-10-24-15)25(22,23)14-8-6-13(19)7-9-14/h4-10,16H,11-12H2,1-3H3,(H,20,21)/t16-/m0/s1. The van der Waals surface area contributed by atoms with Gasteiger partial charge in [-0.2, -0.15) is 0 Å². The molecule has 1 aromatic carbocycles. The van der Waals surface area contributed by atoms with Crippen molar-refractivity contribution in [1.82, 2.24) is 5.32 Å². The largest absolute Gasteiger partial charge is 0.468 e. The summed E-state index contributed by atoms with van der Waals surface area (Å²) in [4.78, 5) is 12.0. The van der Waals surface area contributed by atoms with E-state index in [1.165, 1.54) is 18.4 Å². The van der Waals surface area contributed by atoms with Gasteiger partial charge in [0.15, 0.2) is 9.84 Å². The summed E-state index contributed by atoms with van der Waals surface area (Å²) in [5.41, 5.74) is -0.208. The second-order valence-corrected chi connectivity index (χ2v) is 9.17. The second-order valence-electron chi connectivity index (χ2n) is 7.04. The Morgan fingerprint density at radius 2 is 1.84 bits per heavy atom. The molecule has 0 saturated carbocycles. The van der Waals surface area contributed by atoms with Crippen LogP contribution in [0.4, 0.5) is 4.39 Å². The van der Waals surface area contributed by atoms with Crippen LogP contribution in [0.5, 0.6) is 0 Å². The fourth-order valence-electron chi connectivity index (χ4n) is 2.38. The van der Waals surface area contributed by atoms with E-state index in [9.17, 15) is 17.6 Å². The molecule has 0 spiro atoms. The van der Waals surface area contributed by atoms with Gasteiger partial charge in [-0.25, -0.2) is 12.8 Å². The third kappa shape index (κ3) is 5.16. The summed E-state index contributed by atoms with van der Waals surface area (Å²) < 4.78 is 44.2. The van der Waals surface area contributed by atoms with E-state index in [4.69, 9.17) is 4.42 Å². The molecular formula is C18H22FNO4S. The number of sulfone groups is 1. The number of rotatable bonds is 6. The number of halogens is 1. The van der Waals surface area contributed by atoms with Gasteiger partial charge in [0.05, 0.1) is 11.2 Å². The van der Waals surface area contributed by atoms with Crippen LogP contribution in [0.1, 0.15) is 38.2 Å². The molecule has 0 bridgehead atoms. The van der Waals surface area contributed by atoms with Crippen LogP contribution in [-0.4, -0.2) is 20.9 Å². The van der Waals surface area contributed by atoms with Crippen molar-refractivity contribution in [3.63, 3.8) is 0 Å². The Labute approximate surface area is 147 Å². The van der Waals surface area contributed by atoms with Crippen molar-refractivity contribution in [1.29, 1.82) is 0 Å². The molecule has 1 heterocycles. The molecule has 0 saturated heterocycles. The van der Waals surface area contributed by atoms with E-state index in [1.807, 2.05) is 20.8 Å². The third-order valence-corrected chi connectivity index (χ3v) is 5.63. The van der Waals surface area contributed by atoms with E-state index < -0.39 is 20.9 Å². The van der Waals surface area contributed by atoms with Crippen LogP contribution < -0.4 is 5.32 Å². The first-order valence-corrected chi connectivity index (χ1v) is 9.44. The van der Waals surface area contributed by atoms with Crippen molar-refractivity contribution in [3.05, 3.63) is 54.2 Å². The Hall–Kier alpha value is -2.15. The maximum Gasteiger partial charge on any atom is 0.220 e. The number of nitrogens with one attached hydrogen (secondary N) is 1. The normalized spacial score (nSPS) is 13.4. The maximum atomic E-state index is 13.1. The van der Waals surface area contributed by atoms with Crippen molar-refractivity contribution < 1.29 is 22.0 Å². The summed E-state index contributed by atoms with van der Waals surface area (Å²) >= 11 is 0. The fourth-order valence-corrected chi connectivity index (χ4v) is 3.96. The number of carbonyl (C=O) groups excluding carboxylic acids is 1. The molecule has 1 amide bonds. The first-order valence-electron chi connectivity index (χ1n) is 7.89. The number of furan rings is 1. The average molecular weight is 367 g/mol. The molecule has 25 heavy (non-hydrogen) atoms. The van der Waals surface area contributed by atoms with Gasteiger partial charge in [-0.05, 0) is 41.8 Å². The topological polar surface area (TPSA) is 76.4 Å². The molecule has 2 aromatic rings. The van der Waals surface area contributed by atoms with Crippen LogP contribution in [0, 0.1) is 11.2 Å². The summed E-state index contributed by atoms with van der Waals surface area (Å²) in [6.45, 7) is 5.64. The smallest absolute Gasteiger partial charge is 0.220 e. The molecule has 1 aromatic heterocycles. The molecule has 0 aliphatic heterocycles. The first-order chi connectivity index (χ1) is 11.6. The van der Waals surface area contributed by atoms with Gasteiger partial charge in [-0.1, -0.05) is 20.8 Å². The molecule has 1 N–H and O–H groups in total. The molecule has 2 rings (SSSR count). The van der Waals surface area contributed by atoms with Gasteiger partial charge in [0, 0.05) is 13.0 Å². The minimum atomic E-state index is -3.86. The van der Waals surface area contributed by atoms with Crippen molar-refractivity contribution in [2.45, 2.75) is 37.3 Å². The molecule has 0 unspecified atom stereocenters. The maximum absolute atomic E-state index is 13.1. The highest BCUT2D eigenvalue weighted by atomic mass is 32.2. The lowest BCUT2D eigenvalue weighted by Gasteiger charge is -2.20. The molecule has 0 aliphatic rings. The quantitative estimate of drug-likeness (QED) is 0.793. The molecule has 1 atom stereocenters. The zero-order valence-electron chi connectivity index (χ0n) is 14.5. The Balaban J connectivity index is 2.25. The van der Waals surface area contributed by atoms with Gasteiger partial charge in [-0.15, -0.1) is 0 Å². The molecule has 136 valence electrons. The van der Waals surface area contributed by atoms with Gasteiger partial charge in [0.25, 0.3) is 0 Å². The zero-order chi connectivity index (χ0) is 18.7. The highest BCUT2D eigenvalue weighted by Crippen LogP contribution is 2.29. The molecule has 0 radical (unpaired) electrons. The molecule has 0 fully saturated rings. The second kappa shape index (κ2) is 7.39. The van der Waals surface area contributed by atoms with Crippen LogP contribution in [0.2, 0.25) is 0 Å². The monoisotopic (exact) mass is 367 g/mol. The van der Waals surface area contributed by atoms with E-state index in [-0.39, 0.29) is 34.9 Å². The Morgan fingerprint density at radius 1 is 1.20 bits per heavy atom. The summed E-state index contributed by atoms with van der Waals surface area (Å²) in [7, 11) is -3.86. The Morgan fingerprint density at radius 3 is 2.36 bits per heavy atom. The third-order valence-electron chi connectivity index (χ3n) is 3.55. The van der Waals surface area contributed by atoms with E-state index in [1.54, 1.807) is 12.1 Å². The number of benzene rings is 1. The van der Waals surface area contributed by atoms with E-state index in [0.29, 0.717) is 0 Å². The average Bonchev–Trinajstić information content (AvgIpc) is 2.99. The van der Waals surface area contributed by atoms with Crippen LogP contribution in [-0.2, 0) is 14.6 Å². The molecule has 7 heteroatoms. The van der Waals surface area contributed by atoms with Crippen LogP contribution in [0.3, 0.4) is 0 Å². The summed E-state index contributed by atoms with van der Waals surface area (Å²) in [5.74, 6) is -0.536. The van der Waals surface area contributed by atoms with Gasteiger partial charge in [0.1, 0.15) is 16.8 Å². The highest BCUT2D eigenvalue weighted by molar-refractivity contribution is 7.91. The van der Waals surface area contributed by atoms with Crippen LogP contribution in [0.25, 0.3) is 0 Å². The van der Waals surface area contributed by atoms with Gasteiger partial charge in [0.2, 0.25) is 5.91 Å². The van der Waals surface area contributed by atoms with Gasteiger partial charge >= 0.3 is 0 Å². The predicted octanol–water partition coefficient (Wildman–Crippen LogP) is 3.49. The SMILES string of the molecule is CC(C)(C)CC(=O)NC[C@@H](c1ccco1)S(=O)(=O)c1ccc(F)cc1. The van der Waals surface area contributed by atoms with Gasteiger partial charge in [-0.3, -0.25) is 4.79 Å². The van der Waals surface area contributed by atoms with Crippen molar-refractivity contribution in [2.75, 3.05) is 6.54 Å². The van der Waals surface area contributed by atoms with Crippen molar-refractivity contribution >= 4 is 15.7 Å². The number of hydrogen-bond donors (Lipinski definition) is 1. The van der Waals surface area contributed by atoms with Gasteiger partial charge < -0.3 is 9.73 Å². The number of carbonyl (C=O) groups is 1. The van der Waals surface area contributed by atoms with Crippen molar-refractivity contribution in [3.8, 4) is 0 Å². The van der Waals surface area contributed by atoms with E-state index in [0.717, 1.165) is 12.1 Å². The van der Waals surface area contributed by atoms with Crippen molar-refractivity contribution in [2.24, 2.45) is 5.41 Å². The lowest BCUT2D eigenvalue weighted by atomic mass is 9.92. The summed E-state index contributed by atoms with van der Waals surface area (Å²) in [6, 6.07) is 7.71. The summed E-state index contributed by atoms with van der Waals surface area (Å²) in [5, 5.41) is 1.58. The van der Waals surface area contributed by atoms with Crippen LogP contribution in [0.15, 0.2) is 52.0 Å². The first kappa shape index (κ1) is 19.2. The Kier molecular flexibility index (Phi) is 5.67. The minimum Gasteiger partial charge on any atom is -0.468 e. The molecule has 0 aliphatic carbocycles. The molecule has 5 nitrogen and oxygen atoms in total. The molecular weight excluding hydrogens is 345 g/mol. The highest BCUT2D eigenvalue weighted by Gasteiger charge is 2.32. The fraction of sp³-hybridized carbons (Fsp3) is 0.389. The number of amides is 1. The lowest BCUT2D eigenvalue weighted by Crippen LogP contribution is -2.33. The summed E-state index contributed by atoms with van der Waals surface area (Å²) in [6.07, 6.45) is 1.65.